The van der Waals surface area contributed by atoms with Gasteiger partial charge in [0.2, 0.25) is 0 Å². The molecule has 0 atom stereocenters. The van der Waals surface area contributed by atoms with E-state index in [0.29, 0.717) is 11.3 Å². The Labute approximate surface area is 125 Å². The molecular formula is C16H12FN3O2. The zero-order valence-corrected chi connectivity index (χ0v) is 11.5. The van der Waals surface area contributed by atoms with Crippen molar-refractivity contribution in [1.29, 1.82) is 0 Å². The first-order valence-corrected chi connectivity index (χ1v) is 6.61. The maximum absolute atomic E-state index is 13.0. The van der Waals surface area contributed by atoms with Crippen molar-refractivity contribution in [3.8, 4) is 11.3 Å². The van der Waals surface area contributed by atoms with Crippen LogP contribution in [0.15, 0.2) is 54.7 Å². The molecule has 22 heavy (non-hydrogen) atoms. The molecule has 0 radical (unpaired) electrons. The van der Waals surface area contributed by atoms with Crippen molar-refractivity contribution in [3.63, 3.8) is 0 Å². The number of hydrogen-bond acceptors (Lipinski definition) is 3. The number of aromatic carboxylic acids is 1. The predicted octanol–water partition coefficient (Wildman–Crippen LogP) is 2.83. The number of nitrogens with zero attached hydrogens (tertiary/aromatic N) is 3. The molecule has 110 valence electrons. The monoisotopic (exact) mass is 297 g/mol. The number of carbonyl (C=O) groups is 1. The topological polar surface area (TPSA) is 68.0 Å². The summed E-state index contributed by atoms with van der Waals surface area (Å²) in [7, 11) is 0. The highest BCUT2D eigenvalue weighted by Gasteiger charge is 2.12. The van der Waals surface area contributed by atoms with E-state index in [-0.39, 0.29) is 17.9 Å². The van der Waals surface area contributed by atoms with Gasteiger partial charge in [-0.25, -0.2) is 13.9 Å². The van der Waals surface area contributed by atoms with Crippen LogP contribution in [0.3, 0.4) is 0 Å². The minimum Gasteiger partial charge on any atom is -0.478 e. The lowest BCUT2D eigenvalue weighted by Gasteiger charge is -2.09. The molecule has 0 unspecified atom stereocenters. The first-order chi connectivity index (χ1) is 10.6. The largest absolute Gasteiger partial charge is 0.478 e. The van der Waals surface area contributed by atoms with E-state index in [1.807, 2.05) is 0 Å². The number of rotatable bonds is 4. The van der Waals surface area contributed by atoms with E-state index in [4.69, 9.17) is 0 Å². The van der Waals surface area contributed by atoms with Gasteiger partial charge in [-0.15, -0.1) is 5.10 Å². The smallest absolute Gasteiger partial charge is 0.336 e. The average Bonchev–Trinajstić information content (AvgIpc) is 2.96. The predicted molar refractivity (Wildman–Crippen MR) is 77.9 cm³/mol. The second-order valence-corrected chi connectivity index (χ2v) is 4.75. The van der Waals surface area contributed by atoms with Gasteiger partial charge in [-0.1, -0.05) is 23.4 Å². The molecule has 0 amide bonds. The van der Waals surface area contributed by atoms with E-state index >= 15 is 0 Å². The zero-order chi connectivity index (χ0) is 15.5. The van der Waals surface area contributed by atoms with Gasteiger partial charge >= 0.3 is 5.97 Å². The highest BCUT2D eigenvalue weighted by Crippen LogP contribution is 2.20. The summed E-state index contributed by atoms with van der Waals surface area (Å²) in [5.74, 6) is -1.31. The van der Waals surface area contributed by atoms with Crippen molar-refractivity contribution < 1.29 is 14.3 Å². The molecule has 1 heterocycles. The van der Waals surface area contributed by atoms with Crippen molar-refractivity contribution in [2.75, 3.05) is 0 Å². The van der Waals surface area contributed by atoms with Gasteiger partial charge in [0.15, 0.2) is 0 Å². The summed E-state index contributed by atoms with van der Waals surface area (Å²) < 4.78 is 14.6. The van der Waals surface area contributed by atoms with Gasteiger partial charge in [-0.2, -0.15) is 0 Å². The van der Waals surface area contributed by atoms with Crippen molar-refractivity contribution in [2.45, 2.75) is 6.54 Å². The third-order valence-electron chi connectivity index (χ3n) is 3.33. The molecule has 0 bridgehead atoms. The number of carboxylic acids is 1. The molecule has 0 aliphatic heterocycles. The van der Waals surface area contributed by atoms with Crippen LogP contribution in [0.2, 0.25) is 0 Å². The lowest BCUT2D eigenvalue weighted by Crippen LogP contribution is -2.09. The molecule has 0 aliphatic rings. The van der Waals surface area contributed by atoms with Gasteiger partial charge in [0.25, 0.3) is 0 Å². The molecule has 1 N–H and O–H groups in total. The number of benzene rings is 2. The van der Waals surface area contributed by atoms with Crippen molar-refractivity contribution in [2.24, 2.45) is 0 Å². The summed E-state index contributed by atoms with van der Waals surface area (Å²) in [5, 5.41) is 17.1. The van der Waals surface area contributed by atoms with Gasteiger partial charge in [-0.05, 0) is 35.9 Å². The van der Waals surface area contributed by atoms with Gasteiger partial charge in [0.05, 0.1) is 24.0 Å². The molecule has 2 aromatic carbocycles. The maximum atomic E-state index is 13.0. The normalized spacial score (nSPS) is 10.6. The van der Waals surface area contributed by atoms with Crippen LogP contribution in [0.5, 0.6) is 0 Å². The molecular weight excluding hydrogens is 285 g/mol. The minimum atomic E-state index is -0.987. The summed E-state index contributed by atoms with van der Waals surface area (Å²) in [6.45, 7) is 0.273. The first-order valence-electron chi connectivity index (χ1n) is 6.61. The van der Waals surface area contributed by atoms with Crippen molar-refractivity contribution in [3.05, 3.63) is 71.7 Å². The first kappa shape index (κ1) is 13.9. The SMILES string of the molecule is O=C(O)c1ccccc1Cn1nncc1-c1ccc(F)cc1. The van der Waals surface area contributed by atoms with E-state index in [9.17, 15) is 14.3 Å². The third kappa shape index (κ3) is 2.71. The Morgan fingerprint density at radius 1 is 1.14 bits per heavy atom. The van der Waals surface area contributed by atoms with Crippen LogP contribution >= 0.6 is 0 Å². The van der Waals surface area contributed by atoms with Crippen LogP contribution < -0.4 is 0 Å². The van der Waals surface area contributed by atoms with Crippen LogP contribution in [-0.2, 0) is 6.54 Å². The van der Waals surface area contributed by atoms with Crippen LogP contribution in [0.4, 0.5) is 4.39 Å². The van der Waals surface area contributed by atoms with Gasteiger partial charge in [0, 0.05) is 5.56 Å². The fourth-order valence-corrected chi connectivity index (χ4v) is 2.25. The summed E-state index contributed by atoms with van der Waals surface area (Å²) in [4.78, 5) is 11.3. The van der Waals surface area contributed by atoms with Crippen LogP contribution in [0.1, 0.15) is 15.9 Å². The van der Waals surface area contributed by atoms with E-state index in [1.165, 1.54) is 12.1 Å². The highest BCUT2D eigenvalue weighted by atomic mass is 19.1. The molecule has 5 nitrogen and oxygen atoms in total. The second kappa shape index (κ2) is 5.77. The summed E-state index contributed by atoms with van der Waals surface area (Å²) in [6, 6.07) is 12.7. The number of halogens is 1. The number of hydrogen-bond donors (Lipinski definition) is 1. The lowest BCUT2D eigenvalue weighted by molar-refractivity contribution is 0.0695. The Kier molecular flexibility index (Phi) is 3.65. The minimum absolute atomic E-state index is 0.225. The van der Waals surface area contributed by atoms with E-state index in [1.54, 1.807) is 47.3 Å². The van der Waals surface area contributed by atoms with Crippen molar-refractivity contribution in [1.82, 2.24) is 15.0 Å². The third-order valence-corrected chi connectivity index (χ3v) is 3.33. The molecule has 3 aromatic rings. The quantitative estimate of drug-likeness (QED) is 0.804. The van der Waals surface area contributed by atoms with Gasteiger partial charge < -0.3 is 5.11 Å². The molecule has 6 heteroatoms. The van der Waals surface area contributed by atoms with Crippen LogP contribution in [0, 0.1) is 5.82 Å². The zero-order valence-electron chi connectivity index (χ0n) is 11.5. The Morgan fingerprint density at radius 2 is 1.86 bits per heavy atom. The van der Waals surface area contributed by atoms with Gasteiger partial charge in [-0.3, -0.25) is 0 Å². The fraction of sp³-hybridized carbons (Fsp3) is 0.0625. The average molecular weight is 297 g/mol. The highest BCUT2D eigenvalue weighted by molar-refractivity contribution is 5.89. The lowest BCUT2D eigenvalue weighted by atomic mass is 10.1. The molecule has 0 saturated heterocycles. The Bertz CT molecular complexity index is 812. The van der Waals surface area contributed by atoms with Crippen LogP contribution in [-0.4, -0.2) is 26.1 Å². The Hall–Kier alpha value is -3.02. The standard InChI is InChI=1S/C16H12FN3O2/c17-13-7-5-11(6-8-13)15-9-18-19-20(15)10-12-3-1-2-4-14(12)16(21)22/h1-9H,10H2,(H,21,22). The maximum Gasteiger partial charge on any atom is 0.336 e. The van der Waals surface area contributed by atoms with Gasteiger partial charge in [0.1, 0.15) is 5.82 Å². The fourth-order valence-electron chi connectivity index (χ4n) is 2.25. The molecule has 0 spiro atoms. The van der Waals surface area contributed by atoms with Crippen LogP contribution in [0.25, 0.3) is 11.3 Å². The molecule has 3 rings (SSSR count). The molecule has 0 aliphatic carbocycles. The molecule has 1 aromatic heterocycles. The Morgan fingerprint density at radius 3 is 2.59 bits per heavy atom. The van der Waals surface area contributed by atoms with E-state index in [0.717, 1.165) is 5.56 Å². The van der Waals surface area contributed by atoms with Crippen molar-refractivity contribution >= 4 is 5.97 Å². The molecule has 0 saturated carbocycles. The summed E-state index contributed by atoms with van der Waals surface area (Å²) in [6.07, 6.45) is 1.57. The van der Waals surface area contributed by atoms with E-state index in [2.05, 4.69) is 10.3 Å². The number of aromatic nitrogens is 3. The van der Waals surface area contributed by atoms with E-state index < -0.39 is 5.97 Å². The Balaban J connectivity index is 1.97. The molecule has 0 fully saturated rings. The number of carboxylic acid groups (broad SMARTS) is 1. The second-order valence-electron chi connectivity index (χ2n) is 4.75. The summed E-state index contributed by atoms with van der Waals surface area (Å²) in [5.41, 5.74) is 2.31. The summed E-state index contributed by atoms with van der Waals surface area (Å²) >= 11 is 0.